The van der Waals surface area contributed by atoms with E-state index in [0.29, 0.717) is 12.2 Å². The minimum atomic E-state index is -0.634. The normalized spacial score (nSPS) is 10.3. The molecular formula is C19H17FN4O2. The van der Waals surface area contributed by atoms with Crippen LogP contribution in [0, 0.1) is 5.82 Å². The Morgan fingerprint density at radius 3 is 2.69 bits per heavy atom. The largest absolute Gasteiger partial charge is 0.343 e. The van der Waals surface area contributed by atoms with Gasteiger partial charge in [-0.1, -0.05) is 24.3 Å². The third kappa shape index (κ3) is 4.54. The predicted octanol–water partition coefficient (Wildman–Crippen LogP) is 2.44. The average Bonchev–Trinajstić information content (AvgIpc) is 3.13. The molecule has 0 spiro atoms. The zero-order valence-electron chi connectivity index (χ0n) is 13.9. The Labute approximate surface area is 149 Å². The van der Waals surface area contributed by atoms with Crippen molar-refractivity contribution in [3.8, 4) is 0 Å². The predicted molar refractivity (Wildman–Crippen MR) is 95.1 cm³/mol. The van der Waals surface area contributed by atoms with E-state index < -0.39 is 17.6 Å². The number of carbonyl (C=O) groups is 2. The van der Waals surface area contributed by atoms with E-state index in [1.807, 2.05) is 30.5 Å². The van der Waals surface area contributed by atoms with Gasteiger partial charge in [0, 0.05) is 18.1 Å². The second-order valence-electron chi connectivity index (χ2n) is 5.61. The topological polar surface area (TPSA) is 76.0 Å². The smallest absolute Gasteiger partial charge is 0.254 e. The Morgan fingerprint density at radius 2 is 1.92 bits per heavy atom. The van der Waals surface area contributed by atoms with Crippen molar-refractivity contribution in [3.05, 3.63) is 83.9 Å². The summed E-state index contributed by atoms with van der Waals surface area (Å²) in [7, 11) is 0. The summed E-state index contributed by atoms with van der Waals surface area (Å²) >= 11 is 0. The first-order valence-electron chi connectivity index (χ1n) is 8.01. The summed E-state index contributed by atoms with van der Waals surface area (Å²) in [6.07, 6.45) is 3.55. The maximum absolute atomic E-state index is 13.5. The van der Waals surface area contributed by atoms with Crippen LogP contribution in [0.3, 0.4) is 0 Å². The molecule has 0 unspecified atom stereocenters. The molecule has 0 atom stereocenters. The maximum Gasteiger partial charge on any atom is 0.254 e. The van der Waals surface area contributed by atoms with Crippen LogP contribution >= 0.6 is 0 Å². The number of rotatable bonds is 6. The lowest BCUT2D eigenvalue weighted by atomic mass is 10.2. The molecule has 132 valence electrons. The third-order valence-electron chi connectivity index (χ3n) is 3.64. The molecule has 0 saturated carbocycles. The molecule has 0 aliphatic rings. The monoisotopic (exact) mass is 352 g/mol. The van der Waals surface area contributed by atoms with Crippen molar-refractivity contribution < 1.29 is 14.0 Å². The van der Waals surface area contributed by atoms with Gasteiger partial charge in [0.25, 0.3) is 5.91 Å². The van der Waals surface area contributed by atoms with E-state index in [1.54, 1.807) is 23.0 Å². The third-order valence-corrected chi connectivity index (χ3v) is 3.64. The van der Waals surface area contributed by atoms with Crippen molar-refractivity contribution in [3.63, 3.8) is 0 Å². The van der Waals surface area contributed by atoms with Crippen LogP contribution in [0.1, 0.15) is 15.9 Å². The van der Waals surface area contributed by atoms with Crippen molar-refractivity contribution in [2.45, 2.75) is 6.54 Å². The molecule has 1 aromatic heterocycles. The number of carbonyl (C=O) groups excluding carboxylic acids is 2. The van der Waals surface area contributed by atoms with E-state index in [1.165, 1.54) is 18.2 Å². The number of nitrogens with zero attached hydrogens (tertiary/aromatic N) is 2. The first-order chi connectivity index (χ1) is 12.6. The summed E-state index contributed by atoms with van der Waals surface area (Å²) in [5.74, 6) is -1.66. The van der Waals surface area contributed by atoms with Gasteiger partial charge in [0.15, 0.2) is 0 Å². The highest BCUT2D eigenvalue weighted by atomic mass is 19.1. The number of hydrogen-bond acceptors (Lipinski definition) is 3. The van der Waals surface area contributed by atoms with Gasteiger partial charge in [-0.2, -0.15) is 5.10 Å². The van der Waals surface area contributed by atoms with Crippen molar-refractivity contribution >= 4 is 17.5 Å². The molecule has 6 nitrogen and oxygen atoms in total. The lowest BCUT2D eigenvalue weighted by Crippen LogP contribution is -2.33. The Bertz CT molecular complexity index is 909. The summed E-state index contributed by atoms with van der Waals surface area (Å²) in [5.41, 5.74) is 1.49. The van der Waals surface area contributed by atoms with E-state index in [-0.39, 0.29) is 12.1 Å². The van der Waals surface area contributed by atoms with E-state index in [9.17, 15) is 14.0 Å². The molecule has 0 radical (unpaired) electrons. The zero-order chi connectivity index (χ0) is 18.4. The SMILES string of the molecule is O=C(CNC(=O)c1ccccc1F)Nc1cccc(Cn2cccn2)c1. The van der Waals surface area contributed by atoms with Crippen molar-refractivity contribution in [2.24, 2.45) is 0 Å². The molecule has 3 rings (SSSR count). The van der Waals surface area contributed by atoms with Crippen molar-refractivity contribution in [1.29, 1.82) is 0 Å². The second kappa shape index (κ2) is 8.06. The lowest BCUT2D eigenvalue weighted by molar-refractivity contribution is -0.115. The maximum atomic E-state index is 13.5. The van der Waals surface area contributed by atoms with E-state index in [4.69, 9.17) is 0 Å². The Balaban J connectivity index is 1.55. The molecule has 26 heavy (non-hydrogen) atoms. The minimum absolute atomic E-state index is 0.0958. The number of nitrogens with one attached hydrogen (secondary N) is 2. The van der Waals surface area contributed by atoms with Crippen LogP contribution in [0.5, 0.6) is 0 Å². The zero-order valence-corrected chi connectivity index (χ0v) is 13.9. The molecule has 0 aliphatic heterocycles. The van der Waals surface area contributed by atoms with Gasteiger partial charge < -0.3 is 10.6 Å². The number of aromatic nitrogens is 2. The molecule has 0 aliphatic carbocycles. The van der Waals surface area contributed by atoms with Crippen molar-refractivity contribution in [1.82, 2.24) is 15.1 Å². The number of halogens is 1. The molecule has 3 aromatic rings. The summed E-state index contributed by atoms with van der Waals surface area (Å²) in [4.78, 5) is 23.9. The molecule has 0 bridgehead atoms. The van der Waals surface area contributed by atoms with Crippen LogP contribution in [0.25, 0.3) is 0 Å². The molecule has 0 fully saturated rings. The Kier molecular flexibility index (Phi) is 5.38. The highest BCUT2D eigenvalue weighted by molar-refractivity contribution is 5.99. The first-order valence-corrected chi connectivity index (χ1v) is 8.01. The van der Waals surface area contributed by atoms with Gasteiger partial charge in [0.1, 0.15) is 5.82 Å². The van der Waals surface area contributed by atoms with Crippen LogP contribution < -0.4 is 10.6 Å². The van der Waals surface area contributed by atoms with E-state index in [2.05, 4.69) is 15.7 Å². The fourth-order valence-electron chi connectivity index (χ4n) is 2.43. The van der Waals surface area contributed by atoms with Gasteiger partial charge in [-0.25, -0.2) is 4.39 Å². The number of anilines is 1. The fourth-order valence-corrected chi connectivity index (χ4v) is 2.43. The van der Waals surface area contributed by atoms with Crippen LogP contribution in [-0.2, 0) is 11.3 Å². The summed E-state index contributed by atoms with van der Waals surface area (Å²) in [6.45, 7) is 0.331. The van der Waals surface area contributed by atoms with Crippen LogP contribution in [-0.4, -0.2) is 28.1 Å². The van der Waals surface area contributed by atoms with Crippen LogP contribution in [0.4, 0.5) is 10.1 Å². The van der Waals surface area contributed by atoms with Gasteiger partial charge in [0.05, 0.1) is 18.7 Å². The number of hydrogen-bond donors (Lipinski definition) is 2. The average molecular weight is 352 g/mol. The van der Waals surface area contributed by atoms with Crippen LogP contribution in [0.2, 0.25) is 0 Å². The quantitative estimate of drug-likeness (QED) is 0.715. The fraction of sp³-hybridized carbons (Fsp3) is 0.105. The summed E-state index contributed by atoms with van der Waals surface area (Å²) < 4.78 is 15.3. The highest BCUT2D eigenvalue weighted by Gasteiger charge is 2.12. The number of amides is 2. The van der Waals surface area contributed by atoms with E-state index >= 15 is 0 Å². The molecule has 7 heteroatoms. The molecule has 0 saturated heterocycles. The van der Waals surface area contributed by atoms with Gasteiger partial charge in [-0.15, -0.1) is 0 Å². The van der Waals surface area contributed by atoms with Gasteiger partial charge in [-0.3, -0.25) is 14.3 Å². The summed E-state index contributed by atoms with van der Waals surface area (Å²) in [6, 6.07) is 14.8. The second-order valence-corrected chi connectivity index (χ2v) is 5.61. The van der Waals surface area contributed by atoms with Gasteiger partial charge in [0.2, 0.25) is 5.91 Å². The highest BCUT2D eigenvalue weighted by Crippen LogP contribution is 2.12. The molecular weight excluding hydrogens is 335 g/mol. The summed E-state index contributed by atoms with van der Waals surface area (Å²) in [5, 5.41) is 9.25. The standard InChI is InChI=1S/C19H17FN4O2/c20-17-8-2-1-7-16(17)19(26)21-12-18(25)23-15-6-3-5-14(11-15)13-24-10-4-9-22-24/h1-11H,12-13H2,(H,21,26)(H,23,25). The Morgan fingerprint density at radius 1 is 1.08 bits per heavy atom. The van der Waals surface area contributed by atoms with Crippen molar-refractivity contribution in [2.75, 3.05) is 11.9 Å². The van der Waals surface area contributed by atoms with Crippen LogP contribution in [0.15, 0.2) is 67.0 Å². The molecule has 2 amide bonds. The number of benzene rings is 2. The van der Waals surface area contributed by atoms with Gasteiger partial charge in [-0.05, 0) is 35.9 Å². The minimum Gasteiger partial charge on any atom is -0.343 e. The first kappa shape index (κ1) is 17.3. The van der Waals surface area contributed by atoms with E-state index in [0.717, 1.165) is 5.56 Å². The molecule has 2 N–H and O–H groups in total. The molecule has 2 aromatic carbocycles. The lowest BCUT2D eigenvalue weighted by Gasteiger charge is -2.09. The van der Waals surface area contributed by atoms with Gasteiger partial charge >= 0.3 is 0 Å². The molecule has 1 heterocycles. The Hall–Kier alpha value is -3.48.